The van der Waals surface area contributed by atoms with Crippen LogP contribution in [-0.4, -0.2) is 22.1 Å². The topological polar surface area (TPSA) is 65.1 Å². The summed E-state index contributed by atoms with van der Waals surface area (Å²) in [4.78, 5) is 14.3. The van der Waals surface area contributed by atoms with Gasteiger partial charge in [-0.15, -0.1) is 0 Å². The standard InChI is InChI=1S/C13H14N2O2/c16-13(17)10-2-1-3-11-12(10)8(7-15-11)6-14-9-4-5-9/h1-3,7,9,14-15H,4-6H2,(H,16,17). The van der Waals surface area contributed by atoms with Gasteiger partial charge in [-0.2, -0.15) is 0 Å². The zero-order valence-electron chi connectivity index (χ0n) is 9.36. The predicted molar refractivity (Wildman–Crippen MR) is 65.1 cm³/mol. The molecular formula is C13H14N2O2. The highest BCUT2D eigenvalue weighted by atomic mass is 16.4. The monoisotopic (exact) mass is 230 g/mol. The molecule has 0 amide bonds. The highest BCUT2D eigenvalue weighted by molar-refractivity contribution is 6.04. The van der Waals surface area contributed by atoms with Gasteiger partial charge in [0.15, 0.2) is 0 Å². The van der Waals surface area contributed by atoms with Crippen LogP contribution < -0.4 is 5.32 Å². The molecule has 1 aliphatic rings. The number of benzene rings is 1. The van der Waals surface area contributed by atoms with Crippen LogP contribution in [0, 0.1) is 0 Å². The number of carboxylic acid groups (broad SMARTS) is 1. The largest absolute Gasteiger partial charge is 0.478 e. The molecule has 1 aliphatic carbocycles. The number of aromatic carboxylic acids is 1. The zero-order valence-corrected chi connectivity index (χ0v) is 9.36. The Hall–Kier alpha value is -1.81. The van der Waals surface area contributed by atoms with Crippen molar-refractivity contribution in [2.24, 2.45) is 0 Å². The van der Waals surface area contributed by atoms with Crippen molar-refractivity contribution in [1.29, 1.82) is 0 Å². The minimum Gasteiger partial charge on any atom is -0.478 e. The lowest BCUT2D eigenvalue weighted by Gasteiger charge is -2.03. The number of hydrogen-bond acceptors (Lipinski definition) is 2. The van der Waals surface area contributed by atoms with E-state index < -0.39 is 5.97 Å². The maximum absolute atomic E-state index is 11.2. The average Bonchev–Trinajstić information content (AvgIpc) is 3.06. The third-order valence-electron chi connectivity index (χ3n) is 3.18. The van der Waals surface area contributed by atoms with Gasteiger partial charge >= 0.3 is 5.97 Å². The van der Waals surface area contributed by atoms with Gasteiger partial charge in [0.2, 0.25) is 0 Å². The van der Waals surface area contributed by atoms with E-state index in [9.17, 15) is 9.90 Å². The van der Waals surface area contributed by atoms with E-state index in [0.717, 1.165) is 23.0 Å². The molecule has 1 fully saturated rings. The Morgan fingerprint density at radius 2 is 2.29 bits per heavy atom. The van der Waals surface area contributed by atoms with Crippen molar-refractivity contribution in [3.63, 3.8) is 0 Å². The number of nitrogens with one attached hydrogen (secondary N) is 2. The second-order valence-electron chi connectivity index (χ2n) is 4.50. The van der Waals surface area contributed by atoms with E-state index in [2.05, 4.69) is 10.3 Å². The first-order chi connectivity index (χ1) is 8.25. The Balaban J connectivity index is 2.01. The predicted octanol–water partition coefficient (Wildman–Crippen LogP) is 2.12. The summed E-state index contributed by atoms with van der Waals surface area (Å²) < 4.78 is 0. The summed E-state index contributed by atoms with van der Waals surface area (Å²) in [6.45, 7) is 0.731. The van der Waals surface area contributed by atoms with E-state index in [4.69, 9.17) is 0 Å². The van der Waals surface area contributed by atoms with Crippen LogP contribution >= 0.6 is 0 Å². The second kappa shape index (κ2) is 3.89. The summed E-state index contributed by atoms with van der Waals surface area (Å²) in [5.41, 5.74) is 2.29. The maximum atomic E-state index is 11.2. The summed E-state index contributed by atoms with van der Waals surface area (Å²) in [6.07, 6.45) is 4.36. The molecule has 0 spiro atoms. The Morgan fingerprint density at radius 3 is 3.00 bits per heavy atom. The Morgan fingerprint density at radius 1 is 1.47 bits per heavy atom. The molecule has 3 rings (SSSR count). The lowest BCUT2D eigenvalue weighted by atomic mass is 10.1. The Labute approximate surface area is 98.6 Å². The molecule has 0 saturated heterocycles. The molecule has 17 heavy (non-hydrogen) atoms. The quantitative estimate of drug-likeness (QED) is 0.753. The molecule has 0 atom stereocenters. The number of carboxylic acids is 1. The number of hydrogen-bond donors (Lipinski definition) is 3. The molecule has 88 valence electrons. The van der Waals surface area contributed by atoms with E-state index in [1.165, 1.54) is 12.8 Å². The van der Waals surface area contributed by atoms with Crippen molar-refractivity contribution in [2.45, 2.75) is 25.4 Å². The Kier molecular flexibility index (Phi) is 2.37. The summed E-state index contributed by atoms with van der Waals surface area (Å²) >= 11 is 0. The molecule has 0 aliphatic heterocycles. The summed E-state index contributed by atoms with van der Waals surface area (Å²) in [6, 6.07) is 5.94. The van der Waals surface area contributed by atoms with Gasteiger partial charge in [0.1, 0.15) is 0 Å². The molecule has 0 bridgehead atoms. The zero-order chi connectivity index (χ0) is 11.8. The molecule has 0 radical (unpaired) electrons. The van der Waals surface area contributed by atoms with E-state index in [0.29, 0.717) is 11.6 Å². The van der Waals surface area contributed by atoms with Crippen LogP contribution in [0.25, 0.3) is 10.9 Å². The van der Waals surface area contributed by atoms with Crippen LogP contribution in [0.4, 0.5) is 0 Å². The highest BCUT2D eigenvalue weighted by Crippen LogP contribution is 2.24. The minimum absolute atomic E-state index is 0.372. The fraction of sp³-hybridized carbons (Fsp3) is 0.308. The molecule has 2 aromatic rings. The summed E-state index contributed by atoms with van der Waals surface area (Å²) in [5.74, 6) is -0.872. The van der Waals surface area contributed by atoms with Gasteiger partial charge in [0.05, 0.1) is 5.56 Å². The van der Waals surface area contributed by atoms with Crippen molar-refractivity contribution >= 4 is 16.9 Å². The Bertz CT molecular complexity index is 570. The van der Waals surface area contributed by atoms with Gasteiger partial charge in [0.25, 0.3) is 0 Å². The average molecular weight is 230 g/mol. The van der Waals surface area contributed by atoms with Gasteiger partial charge < -0.3 is 15.4 Å². The van der Waals surface area contributed by atoms with Crippen LogP contribution in [0.15, 0.2) is 24.4 Å². The first-order valence-electron chi connectivity index (χ1n) is 5.81. The van der Waals surface area contributed by atoms with Crippen molar-refractivity contribution in [3.8, 4) is 0 Å². The van der Waals surface area contributed by atoms with E-state index in [1.807, 2.05) is 12.3 Å². The first kappa shape index (κ1) is 10.4. The molecule has 3 N–H and O–H groups in total. The highest BCUT2D eigenvalue weighted by Gasteiger charge is 2.21. The van der Waals surface area contributed by atoms with Gasteiger partial charge in [-0.3, -0.25) is 0 Å². The number of H-pyrrole nitrogens is 1. The van der Waals surface area contributed by atoms with Gasteiger partial charge in [-0.25, -0.2) is 4.79 Å². The second-order valence-corrected chi connectivity index (χ2v) is 4.50. The smallest absolute Gasteiger partial charge is 0.336 e. The molecule has 0 unspecified atom stereocenters. The van der Waals surface area contributed by atoms with Crippen molar-refractivity contribution in [3.05, 3.63) is 35.5 Å². The van der Waals surface area contributed by atoms with Crippen molar-refractivity contribution in [2.75, 3.05) is 0 Å². The lowest BCUT2D eigenvalue weighted by Crippen LogP contribution is -2.15. The van der Waals surface area contributed by atoms with Crippen molar-refractivity contribution < 1.29 is 9.90 Å². The third kappa shape index (κ3) is 1.91. The molecule has 4 nitrogen and oxygen atoms in total. The molecule has 1 aromatic carbocycles. The lowest BCUT2D eigenvalue weighted by molar-refractivity contribution is 0.0699. The van der Waals surface area contributed by atoms with Crippen LogP contribution in [0.3, 0.4) is 0 Å². The van der Waals surface area contributed by atoms with E-state index >= 15 is 0 Å². The number of aromatic nitrogens is 1. The summed E-state index contributed by atoms with van der Waals surface area (Å²) in [7, 11) is 0. The molecule has 1 saturated carbocycles. The van der Waals surface area contributed by atoms with E-state index in [-0.39, 0.29) is 0 Å². The van der Waals surface area contributed by atoms with E-state index in [1.54, 1.807) is 12.1 Å². The van der Waals surface area contributed by atoms with Crippen molar-refractivity contribution in [1.82, 2.24) is 10.3 Å². The number of carbonyl (C=O) groups is 1. The van der Waals surface area contributed by atoms with Crippen LogP contribution in [-0.2, 0) is 6.54 Å². The minimum atomic E-state index is -0.872. The SMILES string of the molecule is O=C(O)c1cccc2[nH]cc(CNC3CC3)c12. The van der Waals surface area contributed by atoms with Gasteiger partial charge in [0, 0.05) is 29.7 Å². The normalized spacial score (nSPS) is 15.3. The van der Waals surface area contributed by atoms with Crippen LogP contribution in [0.5, 0.6) is 0 Å². The first-order valence-corrected chi connectivity index (χ1v) is 5.81. The molecule has 4 heteroatoms. The number of rotatable bonds is 4. The van der Waals surface area contributed by atoms with Crippen LogP contribution in [0.1, 0.15) is 28.8 Å². The fourth-order valence-corrected chi connectivity index (χ4v) is 2.11. The molecule has 1 aromatic heterocycles. The number of fused-ring (bicyclic) bond motifs is 1. The van der Waals surface area contributed by atoms with Crippen LogP contribution in [0.2, 0.25) is 0 Å². The third-order valence-corrected chi connectivity index (χ3v) is 3.18. The van der Waals surface area contributed by atoms with Gasteiger partial charge in [-0.05, 0) is 30.5 Å². The maximum Gasteiger partial charge on any atom is 0.336 e. The molecular weight excluding hydrogens is 216 g/mol. The van der Waals surface area contributed by atoms with Gasteiger partial charge in [-0.1, -0.05) is 6.07 Å². The fourth-order valence-electron chi connectivity index (χ4n) is 2.11. The summed E-state index contributed by atoms with van der Waals surface area (Å²) in [5, 5.41) is 13.4. The molecule has 1 heterocycles. The number of aromatic amines is 1.